The van der Waals surface area contributed by atoms with Crippen molar-refractivity contribution in [3.63, 3.8) is 0 Å². The molecule has 0 aromatic rings. The van der Waals surface area contributed by atoms with Crippen molar-refractivity contribution < 1.29 is 14.3 Å². The van der Waals surface area contributed by atoms with Gasteiger partial charge in [0.2, 0.25) is 5.91 Å². The average Bonchev–Trinajstić information content (AvgIpc) is 2.73. The smallest absolute Gasteiger partial charge is 0.228 e. The molecular formula is C17H29NO3. The minimum absolute atomic E-state index is 0.0829. The van der Waals surface area contributed by atoms with Gasteiger partial charge in [-0.25, -0.2) is 0 Å². The number of fused-ring (bicyclic) bond motifs is 1. The van der Waals surface area contributed by atoms with Crippen molar-refractivity contribution in [2.75, 3.05) is 19.8 Å². The van der Waals surface area contributed by atoms with Gasteiger partial charge in [0.25, 0.3) is 0 Å². The summed E-state index contributed by atoms with van der Waals surface area (Å²) in [6.45, 7) is 13.6. The number of carbonyl (C=O) groups is 2. The average molecular weight is 295 g/mol. The molecule has 0 radical (unpaired) electrons. The Morgan fingerprint density at radius 1 is 1.05 bits per heavy atom. The van der Waals surface area contributed by atoms with E-state index in [1.807, 2.05) is 46.4 Å². The molecule has 4 nitrogen and oxygen atoms in total. The first-order chi connectivity index (χ1) is 9.53. The number of rotatable bonds is 1. The van der Waals surface area contributed by atoms with Crippen LogP contribution in [-0.4, -0.2) is 42.4 Å². The Labute approximate surface area is 128 Å². The van der Waals surface area contributed by atoms with Crippen molar-refractivity contribution in [2.24, 2.45) is 22.7 Å². The van der Waals surface area contributed by atoms with E-state index in [9.17, 15) is 9.59 Å². The molecule has 4 heteroatoms. The summed E-state index contributed by atoms with van der Waals surface area (Å²) < 4.78 is 5.60. The normalized spacial score (nSPS) is 30.2. The summed E-state index contributed by atoms with van der Waals surface area (Å²) in [5.41, 5.74) is -0.891. The molecule has 2 rings (SSSR count). The largest absolute Gasteiger partial charge is 0.381 e. The number of amides is 1. The van der Waals surface area contributed by atoms with E-state index in [1.54, 1.807) is 0 Å². The van der Waals surface area contributed by atoms with Crippen molar-refractivity contribution in [1.82, 2.24) is 4.90 Å². The van der Waals surface area contributed by atoms with Crippen molar-refractivity contribution in [2.45, 2.75) is 54.0 Å². The summed E-state index contributed by atoms with van der Waals surface area (Å²) in [4.78, 5) is 27.5. The van der Waals surface area contributed by atoms with E-state index in [4.69, 9.17) is 4.74 Å². The highest BCUT2D eigenvalue weighted by Gasteiger charge is 2.51. The Morgan fingerprint density at radius 2 is 1.67 bits per heavy atom. The second-order valence-electron chi connectivity index (χ2n) is 8.55. The maximum Gasteiger partial charge on any atom is 0.228 e. The predicted octanol–water partition coefficient (Wildman–Crippen LogP) is 2.51. The lowest BCUT2D eigenvalue weighted by Gasteiger charge is -2.35. The van der Waals surface area contributed by atoms with E-state index in [0.29, 0.717) is 19.1 Å². The highest BCUT2D eigenvalue weighted by Crippen LogP contribution is 2.40. The third-order valence-corrected chi connectivity index (χ3v) is 4.63. The van der Waals surface area contributed by atoms with Crippen molar-refractivity contribution in [1.29, 1.82) is 0 Å². The zero-order valence-electron chi connectivity index (χ0n) is 14.2. The lowest BCUT2D eigenvalue weighted by molar-refractivity contribution is -0.147. The lowest BCUT2D eigenvalue weighted by atomic mass is 9.78. The molecule has 0 bridgehead atoms. The van der Waals surface area contributed by atoms with Gasteiger partial charge in [-0.15, -0.1) is 0 Å². The number of likely N-dealkylation sites (tertiary alicyclic amines) is 1. The number of ether oxygens (including phenoxy) is 1. The standard InChI is InChI=1S/C17H29NO3/c1-16(2,3)14(19)13-12-10-21-8-7-11(12)9-18(13)15(20)17(4,5)6/h11-13H,7-10H2,1-6H3. The third kappa shape index (κ3) is 3.15. The fourth-order valence-corrected chi connectivity index (χ4v) is 3.40. The molecule has 0 aromatic carbocycles. The molecule has 2 aliphatic rings. The summed E-state index contributed by atoms with van der Waals surface area (Å²) in [6.07, 6.45) is 0.951. The molecule has 2 aliphatic heterocycles. The van der Waals surface area contributed by atoms with E-state index in [0.717, 1.165) is 13.0 Å². The van der Waals surface area contributed by atoms with E-state index in [1.165, 1.54) is 0 Å². The molecule has 3 unspecified atom stereocenters. The van der Waals surface area contributed by atoms with Gasteiger partial charge >= 0.3 is 0 Å². The van der Waals surface area contributed by atoms with E-state index in [-0.39, 0.29) is 23.7 Å². The second-order valence-corrected chi connectivity index (χ2v) is 8.55. The first-order valence-corrected chi connectivity index (χ1v) is 7.96. The zero-order valence-corrected chi connectivity index (χ0v) is 14.2. The fraction of sp³-hybridized carbons (Fsp3) is 0.882. The first-order valence-electron chi connectivity index (χ1n) is 7.96. The summed E-state index contributed by atoms with van der Waals surface area (Å²) in [7, 11) is 0. The Morgan fingerprint density at radius 3 is 2.19 bits per heavy atom. The molecule has 2 saturated heterocycles. The van der Waals surface area contributed by atoms with Gasteiger partial charge in [0, 0.05) is 29.9 Å². The van der Waals surface area contributed by atoms with Gasteiger partial charge in [-0.1, -0.05) is 41.5 Å². The van der Waals surface area contributed by atoms with Crippen LogP contribution in [0.3, 0.4) is 0 Å². The molecule has 1 amide bonds. The number of ketones is 1. The van der Waals surface area contributed by atoms with Crippen LogP contribution in [0.2, 0.25) is 0 Å². The molecule has 2 fully saturated rings. The monoisotopic (exact) mass is 295 g/mol. The molecule has 21 heavy (non-hydrogen) atoms. The Hall–Kier alpha value is -0.900. The van der Waals surface area contributed by atoms with Crippen LogP contribution in [0.25, 0.3) is 0 Å². The first kappa shape index (κ1) is 16.5. The van der Waals surface area contributed by atoms with Crippen LogP contribution in [0.5, 0.6) is 0 Å². The van der Waals surface area contributed by atoms with Crippen molar-refractivity contribution >= 4 is 11.7 Å². The number of Topliss-reactive ketones (excluding diaryl/α,β-unsaturated/α-hetero) is 1. The van der Waals surface area contributed by atoms with Crippen molar-refractivity contribution in [3.8, 4) is 0 Å². The maximum atomic E-state index is 12.9. The zero-order chi connectivity index (χ0) is 16.0. The van der Waals surface area contributed by atoms with Crippen molar-refractivity contribution in [3.05, 3.63) is 0 Å². The SMILES string of the molecule is CC(C)(C)C(=O)C1C2COCCC2CN1C(=O)C(C)(C)C. The highest BCUT2D eigenvalue weighted by atomic mass is 16.5. The Kier molecular flexibility index (Phi) is 4.22. The Balaban J connectivity index is 2.33. The van der Waals surface area contributed by atoms with Crippen LogP contribution in [-0.2, 0) is 14.3 Å². The number of nitrogens with zero attached hydrogens (tertiary/aromatic N) is 1. The fourth-order valence-electron chi connectivity index (χ4n) is 3.40. The van der Waals surface area contributed by atoms with E-state index in [2.05, 4.69) is 0 Å². The van der Waals surface area contributed by atoms with Gasteiger partial charge in [-0.05, 0) is 12.3 Å². The van der Waals surface area contributed by atoms with Crippen LogP contribution in [0.15, 0.2) is 0 Å². The van der Waals surface area contributed by atoms with E-state index >= 15 is 0 Å². The number of carbonyl (C=O) groups excluding carboxylic acids is 2. The molecule has 0 saturated carbocycles. The minimum atomic E-state index is -0.454. The molecule has 0 N–H and O–H groups in total. The molecule has 3 atom stereocenters. The summed E-state index contributed by atoms with van der Waals surface area (Å²) in [6, 6.07) is -0.318. The van der Waals surface area contributed by atoms with Crippen LogP contribution in [0.1, 0.15) is 48.0 Å². The van der Waals surface area contributed by atoms with Crippen LogP contribution < -0.4 is 0 Å². The number of hydrogen-bond acceptors (Lipinski definition) is 3. The van der Waals surface area contributed by atoms with Gasteiger partial charge in [0.15, 0.2) is 5.78 Å². The van der Waals surface area contributed by atoms with Crippen LogP contribution in [0.4, 0.5) is 0 Å². The van der Waals surface area contributed by atoms with E-state index < -0.39 is 10.8 Å². The molecule has 0 aliphatic carbocycles. The molecular weight excluding hydrogens is 266 g/mol. The van der Waals surface area contributed by atoms with Gasteiger partial charge in [0.1, 0.15) is 0 Å². The van der Waals surface area contributed by atoms with Gasteiger partial charge in [0.05, 0.1) is 12.6 Å². The van der Waals surface area contributed by atoms with Gasteiger partial charge in [-0.2, -0.15) is 0 Å². The van der Waals surface area contributed by atoms with Gasteiger partial charge in [-0.3, -0.25) is 9.59 Å². The molecule has 120 valence electrons. The highest BCUT2D eigenvalue weighted by molar-refractivity contribution is 5.94. The second kappa shape index (κ2) is 5.38. The van der Waals surface area contributed by atoms with Crippen LogP contribution >= 0.6 is 0 Å². The molecule has 0 aromatic heterocycles. The third-order valence-electron chi connectivity index (χ3n) is 4.63. The summed E-state index contributed by atoms with van der Waals surface area (Å²) in [5.74, 6) is 0.815. The van der Waals surface area contributed by atoms with Gasteiger partial charge < -0.3 is 9.64 Å². The minimum Gasteiger partial charge on any atom is -0.381 e. The summed E-state index contributed by atoms with van der Waals surface area (Å²) >= 11 is 0. The molecule has 2 heterocycles. The maximum absolute atomic E-state index is 12.9. The number of hydrogen-bond donors (Lipinski definition) is 0. The van der Waals surface area contributed by atoms with Crippen LogP contribution in [0, 0.1) is 22.7 Å². The molecule has 0 spiro atoms. The predicted molar refractivity (Wildman–Crippen MR) is 81.8 cm³/mol. The quantitative estimate of drug-likeness (QED) is 0.747. The Bertz CT molecular complexity index is 430. The topological polar surface area (TPSA) is 46.6 Å². The summed E-state index contributed by atoms with van der Waals surface area (Å²) in [5, 5.41) is 0. The lowest BCUT2D eigenvalue weighted by Crippen LogP contribution is -2.51.